The number of aliphatic imine (C=N–C) groups is 1. The van der Waals surface area contributed by atoms with Crippen molar-refractivity contribution < 1.29 is 18.6 Å². The molecule has 0 aromatic rings. The Labute approximate surface area is 181 Å². The molecule has 2 atom stereocenters. The summed E-state index contributed by atoms with van der Waals surface area (Å²) in [5.74, 6) is -0.565. The van der Waals surface area contributed by atoms with Gasteiger partial charge in [0.2, 0.25) is 5.92 Å². The minimum atomic E-state index is -2.39. The van der Waals surface area contributed by atoms with Gasteiger partial charge in [0.1, 0.15) is 11.6 Å². The molecule has 2 fully saturated rings. The predicted molar refractivity (Wildman–Crippen MR) is 120 cm³/mol. The van der Waals surface area contributed by atoms with Gasteiger partial charge in [-0.25, -0.2) is 8.78 Å². The SMILES string of the molecule is CN=C(N)/C=C(\O)C(C)(C)C.COC[C@@H]1CC(C)CN1CCC1CCC(F)(F)CC1. The highest BCUT2D eigenvalue weighted by molar-refractivity contribution is 5.91. The van der Waals surface area contributed by atoms with Gasteiger partial charge in [0.15, 0.2) is 0 Å². The van der Waals surface area contributed by atoms with Crippen LogP contribution in [0.5, 0.6) is 0 Å². The van der Waals surface area contributed by atoms with Crippen molar-refractivity contribution in [2.24, 2.45) is 28.0 Å². The molecule has 1 aliphatic carbocycles. The Morgan fingerprint density at radius 3 is 2.40 bits per heavy atom. The zero-order valence-electron chi connectivity index (χ0n) is 19.8. The minimum absolute atomic E-state index is 0.0928. The zero-order valence-corrected chi connectivity index (χ0v) is 19.8. The number of nitrogens with two attached hydrogens (primary N) is 1. The van der Waals surface area contributed by atoms with E-state index >= 15 is 0 Å². The van der Waals surface area contributed by atoms with Crippen molar-refractivity contribution in [1.82, 2.24) is 4.90 Å². The second kappa shape index (κ2) is 12.0. The minimum Gasteiger partial charge on any atom is -0.512 e. The van der Waals surface area contributed by atoms with E-state index in [1.165, 1.54) is 12.5 Å². The molecule has 30 heavy (non-hydrogen) atoms. The first-order chi connectivity index (χ1) is 13.9. The lowest BCUT2D eigenvalue weighted by Crippen LogP contribution is -2.35. The van der Waals surface area contributed by atoms with E-state index in [0.717, 1.165) is 32.0 Å². The zero-order chi connectivity index (χ0) is 22.9. The number of halogens is 2. The van der Waals surface area contributed by atoms with E-state index in [0.29, 0.717) is 30.6 Å². The van der Waals surface area contributed by atoms with Gasteiger partial charge in [-0.05, 0) is 44.1 Å². The first-order valence-electron chi connectivity index (χ1n) is 11.1. The number of amidine groups is 1. The number of methoxy groups -OCH3 is 1. The largest absolute Gasteiger partial charge is 0.512 e. The molecule has 0 amide bonds. The van der Waals surface area contributed by atoms with Crippen molar-refractivity contribution in [3.05, 3.63) is 11.8 Å². The Morgan fingerprint density at radius 2 is 1.90 bits per heavy atom. The summed E-state index contributed by atoms with van der Waals surface area (Å²) < 4.78 is 31.5. The predicted octanol–water partition coefficient (Wildman–Crippen LogP) is 5.02. The average molecular weight is 432 g/mol. The van der Waals surface area contributed by atoms with Gasteiger partial charge in [0.05, 0.1) is 6.61 Å². The molecule has 1 saturated heterocycles. The van der Waals surface area contributed by atoms with Gasteiger partial charge in [-0.15, -0.1) is 0 Å². The fourth-order valence-electron chi connectivity index (χ4n) is 4.04. The molecule has 2 rings (SSSR count). The molecule has 1 aliphatic heterocycles. The van der Waals surface area contributed by atoms with Crippen LogP contribution in [0.25, 0.3) is 0 Å². The van der Waals surface area contributed by atoms with Gasteiger partial charge >= 0.3 is 0 Å². The lowest BCUT2D eigenvalue weighted by atomic mass is 9.84. The van der Waals surface area contributed by atoms with Crippen LogP contribution >= 0.6 is 0 Å². The molecule has 0 spiro atoms. The van der Waals surface area contributed by atoms with Crippen LogP contribution in [0.15, 0.2) is 16.8 Å². The fraction of sp³-hybridized carbons (Fsp3) is 0.870. The third-order valence-electron chi connectivity index (χ3n) is 6.07. The lowest BCUT2D eigenvalue weighted by Gasteiger charge is -2.30. The number of likely N-dealkylation sites (tertiary alicyclic amines) is 1. The molecule has 0 aromatic carbocycles. The summed E-state index contributed by atoms with van der Waals surface area (Å²) in [4.78, 5) is 6.20. The molecule has 1 saturated carbocycles. The number of nitrogens with zero attached hydrogens (tertiary/aromatic N) is 2. The summed E-state index contributed by atoms with van der Waals surface area (Å²) in [7, 11) is 3.34. The highest BCUT2D eigenvalue weighted by Gasteiger charge is 2.35. The van der Waals surface area contributed by atoms with Crippen LogP contribution in [-0.4, -0.2) is 61.7 Å². The van der Waals surface area contributed by atoms with E-state index in [1.807, 2.05) is 20.8 Å². The molecule has 3 N–H and O–H groups in total. The van der Waals surface area contributed by atoms with Crippen LogP contribution in [-0.2, 0) is 4.74 Å². The number of rotatable bonds is 6. The van der Waals surface area contributed by atoms with E-state index in [1.54, 1.807) is 14.2 Å². The van der Waals surface area contributed by atoms with Crippen molar-refractivity contribution in [2.75, 3.05) is 33.9 Å². The smallest absolute Gasteiger partial charge is 0.248 e. The van der Waals surface area contributed by atoms with E-state index in [-0.39, 0.29) is 24.0 Å². The van der Waals surface area contributed by atoms with Gasteiger partial charge in [-0.3, -0.25) is 9.89 Å². The Hall–Kier alpha value is -1.21. The molecule has 1 unspecified atom stereocenters. The van der Waals surface area contributed by atoms with E-state index in [2.05, 4.69) is 16.8 Å². The van der Waals surface area contributed by atoms with Crippen molar-refractivity contribution in [3.63, 3.8) is 0 Å². The topological polar surface area (TPSA) is 71.1 Å². The Morgan fingerprint density at radius 1 is 1.30 bits per heavy atom. The summed E-state index contributed by atoms with van der Waals surface area (Å²) in [5, 5.41) is 9.39. The molecular weight excluding hydrogens is 388 g/mol. The van der Waals surface area contributed by atoms with Gasteiger partial charge in [0.25, 0.3) is 0 Å². The monoisotopic (exact) mass is 431 g/mol. The maximum absolute atomic E-state index is 13.1. The van der Waals surface area contributed by atoms with Crippen molar-refractivity contribution in [1.29, 1.82) is 0 Å². The summed E-state index contributed by atoms with van der Waals surface area (Å²) in [6, 6.07) is 0.532. The van der Waals surface area contributed by atoms with Gasteiger partial charge in [-0.1, -0.05) is 27.7 Å². The summed E-state index contributed by atoms with van der Waals surface area (Å²) in [6.07, 6.45) is 5.33. The Balaban J connectivity index is 0.000000352. The third kappa shape index (κ3) is 9.73. The summed E-state index contributed by atoms with van der Waals surface area (Å²) >= 11 is 0. The first kappa shape index (κ1) is 26.8. The number of hydrogen-bond donors (Lipinski definition) is 2. The second-order valence-corrected chi connectivity index (χ2v) is 9.96. The molecule has 2 aliphatic rings. The van der Waals surface area contributed by atoms with Crippen LogP contribution in [0.4, 0.5) is 8.78 Å². The molecule has 0 aromatic heterocycles. The lowest BCUT2D eigenvalue weighted by molar-refractivity contribution is -0.0474. The molecule has 176 valence electrons. The van der Waals surface area contributed by atoms with Gasteiger partial charge in [-0.2, -0.15) is 0 Å². The molecule has 7 heteroatoms. The van der Waals surface area contributed by atoms with E-state index in [4.69, 9.17) is 10.5 Å². The summed E-state index contributed by atoms with van der Waals surface area (Å²) in [6.45, 7) is 11.0. The number of allylic oxidation sites excluding steroid dienone is 1. The van der Waals surface area contributed by atoms with Gasteiger partial charge in [0, 0.05) is 51.1 Å². The quantitative estimate of drug-likeness (QED) is 0.352. The highest BCUT2D eigenvalue weighted by atomic mass is 19.3. The highest BCUT2D eigenvalue weighted by Crippen LogP contribution is 2.37. The molecule has 0 bridgehead atoms. The maximum atomic E-state index is 13.1. The molecule has 1 heterocycles. The Kier molecular flexibility index (Phi) is 10.7. The number of alkyl halides is 2. The number of aliphatic hydroxyl groups excluding tert-OH is 1. The number of ether oxygens (including phenoxy) is 1. The van der Waals surface area contributed by atoms with Crippen LogP contribution in [0.2, 0.25) is 0 Å². The summed E-state index contributed by atoms with van der Waals surface area (Å²) in [5.41, 5.74) is 5.13. The second-order valence-electron chi connectivity index (χ2n) is 9.96. The van der Waals surface area contributed by atoms with Gasteiger partial charge < -0.3 is 15.6 Å². The standard InChI is InChI=1S/C15H27F2NO.C8H16N2O/c1-12-9-14(11-19-2)18(10-12)8-5-13-3-6-15(16,17)7-4-13;1-8(2,3)6(11)5-7(9)10-4/h12-14H,3-11H2,1-2H3;5,11H,1-4H3,(H2,9,10)/b;6-5-/t12?,14-;/m0./s1. The van der Waals surface area contributed by atoms with Crippen molar-refractivity contribution >= 4 is 5.84 Å². The molecule has 5 nitrogen and oxygen atoms in total. The third-order valence-corrected chi connectivity index (χ3v) is 6.07. The normalized spacial score (nSPS) is 26.4. The first-order valence-corrected chi connectivity index (χ1v) is 11.1. The maximum Gasteiger partial charge on any atom is 0.248 e. The van der Waals surface area contributed by atoms with E-state index < -0.39 is 5.92 Å². The van der Waals surface area contributed by atoms with E-state index in [9.17, 15) is 13.9 Å². The van der Waals surface area contributed by atoms with Crippen LogP contribution in [0.1, 0.15) is 66.2 Å². The Bertz CT molecular complexity index is 563. The van der Waals surface area contributed by atoms with Crippen LogP contribution in [0.3, 0.4) is 0 Å². The van der Waals surface area contributed by atoms with Crippen LogP contribution in [0, 0.1) is 17.3 Å². The fourth-order valence-corrected chi connectivity index (χ4v) is 4.04. The van der Waals surface area contributed by atoms with Crippen LogP contribution < -0.4 is 5.73 Å². The molecular formula is C23H43F2N3O2. The molecule has 0 radical (unpaired) electrons. The van der Waals surface area contributed by atoms with Crippen molar-refractivity contribution in [2.45, 2.75) is 78.2 Å². The number of aliphatic hydroxyl groups is 1. The average Bonchev–Trinajstić information content (AvgIpc) is 3.00. The number of hydrogen-bond acceptors (Lipinski definition) is 4. The van der Waals surface area contributed by atoms with Crippen molar-refractivity contribution in [3.8, 4) is 0 Å².